The smallest absolute Gasteiger partial charge is 0.115 e. The Hall–Kier alpha value is -1.68. The zero-order valence-electron chi connectivity index (χ0n) is 16.3. The summed E-state index contributed by atoms with van der Waals surface area (Å²) in [5, 5.41) is 3.08. The average molecular weight is 365 g/mol. The molecule has 0 amide bonds. The van der Waals surface area contributed by atoms with Crippen LogP contribution >= 0.6 is 0 Å². The molecule has 3 rings (SSSR count). The third kappa shape index (κ3) is 4.94. The van der Waals surface area contributed by atoms with Gasteiger partial charge in [-0.1, -0.05) is 89.7 Å². The first-order valence-electron chi connectivity index (χ1n) is 9.85. The van der Waals surface area contributed by atoms with Crippen LogP contribution in [0.5, 0.6) is 0 Å². The summed E-state index contributed by atoms with van der Waals surface area (Å²) in [4.78, 5) is 4.97. The van der Waals surface area contributed by atoms with E-state index in [1.165, 1.54) is 38.6 Å². The molecular weight excluding hydrogens is 332 g/mol. The Morgan fingerprint density at radius 3 is 1.88 bits per heavy atom. The number of rotatable bonds is 7. The van der Waals surface area contributed by atoms with Crippen molar-refractivity contribution in [2.24, 2.45) is 0 Å². The lowest BCUT2D eigenvalue weighted by molar-refractivity contribution is 0.166. The molecule has 0 N–H and O–H groups in total. The van der Waals surface area contributed by atoms with Crippen LogP contribution in [0.1, 0.15) is 6.42 Å². The highest BCUT2D eigenvalue weighted by molar-refractivity contribution is 7.01. The summed E-state index contributed by atoms with van der Waals surface area (Å²) in [6.07, 6.45) is 5.96. The van der Waals surface area contributed by atoms with Crippen molar-refractivity contribution in [1.29, 1.82) is 0 Å². The van der Waals surface area contributed by atoms with Crippen molar-refractivity contribution < 1.29 is 0 Å². The van der Waals surface area contributed by atoms with Gasteiger partial charge in [0.2, 0.25) is 0 Å². The Balaban J connectivity index is 1.61. The van der Waals surface area contributed by atoms with Crippen LogP contribution in [0.15, 0.2) is 72.8 Å². The highest BCUT2D eigenvalue weighted by Gasteiger charge is 2.30. The molecule has 138 valence electrons. The van der Waals surface area contributed by atoms with Gasteiger partial charge >= 0.3 is 0 Å². The predicted molar refractivity (Wildman–Crippen MR) is 116 cm³/mol. The third-order valence-corrected chi connectivity index (χ3v) is 10.3. The molecule has 0 aromatic heterocycles. The number of hydrogen-bond donors (Lipinski definition) is 0. The van der Waals surface area contributed by atoms with Crippen LogP contribution in [0.3, 0.4) is 0 Å². The highest BCUT2D eigenvalue weighted by atomic mass is 28.3. The molecule has 0 bridgehead atoms. The molecule has 0 aliphatic carbocycles. The Kier molecular flexibility index (Phi) is 6.84. The van der Waals surface area contributed by atoms with Gasteiger partial charge in [-0.15, -0.1) is 0 Å². The van der Waals surface area contributed by atoms with Crippen molar-refractivity contribution in [3.8, 4) is 0 Å². The van der Waals surface area contributed by atoms with E-state index in [1.807, 2.05) is 0 Å². The lowest BCUT2D eigenvalue weighted by atomic mass is 10.3. The SMILES string of the molecule is CN1CCN(CC=CCC[Si](C)(c2ccccc2)c2ccccc2)CC1. The number of piperazine rings is 1. The topological polar surface area (TPSA) is 6.48 Å². The molecule has 2 nitrogen and oxygen atoms in total. The summed E-state index contributed by atoms with van der Waals surface area (Å²) in [5.41, 5.74) is 0. The molecule has 0 atom stereocenters. The summed E-state index contributed by atoms with van der Waals surface area (Å²) in [7, 11) is 0.542. The second kappa shape index (κ2) is 9.31. The van der Waals surface area contributed by atoms with Gasteiger partial charge in [0.25, 0.3) is 0 Å². The highest BCUT2D eigenvalue weighted by Crippen LogP contribution is 2.14. The van der Waals surface area contributed by atoms with Gasteiger partial charge in [-0.05, 0) is 19.5 Å². The first kappa shape index (κ1) is 19.1. The van der Waals surface area contributed by atoms with Crippen molar-refractivity contribution >= 4 is 18.4 Å². The fourth-order valence-electron chi connectivity index (χ4n) is 3.81. The number of nitrogens with zero attached hydrogens (tertiary/aromatic N) is 2. The van der Waals surface area contributed by atoms with Crippen molar-refractivity contribution in [2.75, 3.05) is 39.8 Å². The second-order valence-electron chi connectivity index (χ2n) is 7.68. The Morgan fingerprint density at radius 1 is 0.808 bits per heavy atom. The molecule has 2 aromatic carbocycles. The van der Waals surface area contributed by atoms with E-state index in [1.54, 1.807) is 10.4 Å². The lowest BCUT2D eigenvalue weighted by Crippen LogP contribution is -2.55. The Bertz CT molecular complexity index is 636. The van der Waals surface area contributed by atoms with Crippen molar-refractivity contribution in [3.05, 3.63) is 72.8 Å². The average Bonchev–Trinajstić information content (AvgIpc) is 2.70. The Labute approximate surface area is 160 Å². The van der Waals surface area contributed by atoms with Gasteiger partial charge in [0, 0.05) is 32.7 Å². The van der Waals surface area contributed by atoms with Gasteiger partial charge in [0.05, 0.1) is 0 Å². The fraction of sp³-hybridized carbons (Fsp3) is 0.391. The molecule has 1 aliphatic rings. The third-order valence-electron chi connectivity index (χ3n) is 5.76. The summed E-state index contributed by atoms with van der Waals surface area (Å²) in [6.45, 7) is 8.40. The van der Waals surface area contributed by atoms with Crippen LogP contribution in [0.25, 0.3) is 0 Å². The van der Waals surface area contributed by atoms with E-state index in [0.29, 0.717) is 0 Å². The second-order valence-corrected chi connectivity index (χ2v) is 12.0. The zero-order chi connectivity index (χ0) is 18.2. The minimum atomic E-state index is -1.67. The molecular formula is C23H32N2Si. The number of likely N-dealkylation sites (N-methyl/N-ethyl adjacent to an activating group) is 1. The van der Waals surface area contributed by atoms with E-state index >= 15 is 0 Å². The standard InChI is InChI=1S/C23H32N2Si/c1-24-17-19-25(20-18-24)16-10-5-11-21-26(2,22-12-6-3-7-13-22)23-14-8-4-9-15-23/h3-10,12-15H,11,16-21H2,1-2H3. The van der Waals surface area contributed by atoms with E-state index in [0.717, 1.165) is 6.54 Å². The quantitative estimate of drug-likeness (QED) is 0.550. The molecule has 1 heterocycles. The predicted octanol–water partition coefficient (Wildman–Crippen LogP) is 3.07. The number of benzene rings is 2. The van der Waals surface area contributed by atoms with Gasteiger partial charge in [-0.2, -0.15) is 0 Å². The van der Waals surface area contributed by atoms with E-state index in [9.17, 15) is 0 Å². The summed E-state index contributed by atoms with van der Waals surface area (Å²) >= 11 is 0. The molecule has 0 spiro atoms. The lowest BCUT2D eigenvalue weighted by Gasteiger charge is -2.31. The van der Waals surface area contributed by atoms with E-state index < -0.39 is 8.07 Å². The molecule has 1 aliphatic heterocycles. The molecule has 3 heteroatoms. The zero-order valence-corrected chi connectivity index (χ0v) is 17.3. The van der Waals surface area contributed by atoms with Gasteiger partial charge in [-0.3, -0.25) is 4.90 Å². The maximum Gasteiger partial charge on any atom is 0.115 e. The largest absolute Gasteiger partial charge is 0.304 e. The minimum Gasteiger partial charge on any atom is -0.304 e. The maximum absolute atomic E-state index is 2.56. The Morgan fingerprint density at radius 2 is 1.35 bits per heavy atom. The molecule has 2 aromatic rings. The molecule has 26 heavy (non-hydrogen) atoms. The van der Waals surface area contributed by atoms with Crippen molar-refractivity contribution in [1.82, 2.24) is 9.80 Å². The van der Waals surface area contributed by atoms with Crippen LogP contribution in [-0.2, 0) is 0 Å². The maximum atomic E-state index is 2.56. The molecule has 0 saturated carbocycles. The van der Waals surface area contributed by atoms with Crippen molar-refractivity contribution in [2.45, 2.75) is 19.0 Å². The van der Waals surface area contributed by atoms with Gasteiger partial charge in [0.1, 0.15) is 8.07 Å². The number of allylic oxidation sites excluding steroid dienone is 1. The summed E-state index contributed by atoms with van der Waals surface area (Å²) < 4.78 is 0. The normalized spacial score (nSPS) is 17.0. The minimum absolute atomic E-state index is 1.10. The van der Waals surface area contributed by atoms with E-state index in [-0.39, 0.29) is 0 Å². The monoisotopic (exact) mass is 364 g/mol. The van der Waals surface area contributed by atoms with Crippen LogP contribution in [0.4, 0.5) is 0 Å². The number of hydrogen-bond acceptors (Lipinski definition) is 2. The van der Waals surface area contributed by atoms with Crippen LogP contribution in [-0.4, -0.2) is 57.6 Å². The summed E-state index contributed by atoms with van der Waals surface area (Å²) in [5.74, 6) is 0. The van der Waals surface area contributed by atoms with Gasteiger partial charge in [0.15, 0.2) is 0 Å². The molecule has 1 saturated heterocycles. The fourth-order valence-corrected chi connectivity index (χ4v) is 7.32. The van der Waals surface area contributed by atoms with Gasteiger partial charge in [-0.25, -0.2) is 0 Å². The van der Waals surface area contributed by atoms with Crippen LogP contribution < -0.4 is 10.4 Å². The van der Waals surface area contributed by atoms with E-state index in [2.05, 4.69) is 96.2 Å². The molecule has 1 fully saturated rings. The van der Waals surface area contributed by atoms with E-state index in [4.69, 9.17) is 0 Å². The van der Waals surface area contributed by atoms with Crippen LogP contribution in [0.2, 0.25) is 12.6 Å². The molecule has 0 radical (unpaired) electrons. The molecule has 0 unspecified atom stereocenters. The van der Waals surface area contributed by atoms with Gasteiger partial charge < -0.3 is 4.90 Å². The first-order chi connectivity index (χ1) is 12.7. The first-order valence-corrected chi connectivity index (χ1v) is 12.6. The summed E-state index contributed by atoms with van der Waals surface area (Å²) in [6, 6.07) is 23.6. The van der Waals surface area contributed by atoms with Crippen LogP contribution in [0, 0.1) is 0 Å². The van der Waals surface area contributed by atoms with Crippen molar-refractivity contribution in [3.63, 3.8) is 0 Å².